The lowest BCUT2D eigenvalue weighted by Crippen LogP contribution is -2.32. The molecule has 0 saturated carbocycles. The number of nitrogens with zero attached hydrogens (tertiary/aromatic N) is 4. The first kappa shape index (κ1) is 25.8. The maximum absolute atomic E-state index is 16.5. The Morgan fingerprint density at radius 3 is 2.46 bits per heavy atom. The molecule has 0 radical (unpaired) electrons. The highest BCUT2D eigenvalue weighted by Crippen LogP contribution is 2.39. The highest BCUT2D eigenvalue weighted by atomic mass is 19.1. The molecule has 2 aliphatic rings. The number of hydrogen-bond donors (Lipinski definition) is 1. The summed E-state index contributed by atoms with van der Waals surface area (Å²) in [7, 11) is 2.11. The molecular formula is C32H37FN4O2. The summed E-state index contributed by atoms with van der Waals surface area (Å²) in [5.41, 5.74) is 1.29. The Morgan fingerprint density at radius 2 is 1.72 bits per heavy atom. The van der Waals surface area contributed by atoms with E-state index >= 15 is 4.39 Å². The maximum atomic E-state index is 16.5. The molecule has 7 heteroatoms. The standard InChI is InChI=1S/C32H37FN4O2/c1-20-10-11-21(2)18-37(17-20)31-27-13-12-26(28-16-24(38)15-22-7-4-5-9-25(22)28)29(33)30(27)34-32(35-31)39-19-23-8-6-14-36(23)3/h4-5,7,9,12-13,15-16,20-21,23,38H,6,8,10-11,14,17-19H2,1-3H3. The van der Waals surface area contributed by atoms with Gasteiger partial charge in [0, 0.05) is 30.1 Å². The van der Waals surface area contributed by atoms with Crippen LogP contribution in [0.5, 0.6) is 11.8 Å². The van der Waals surface area contributed by atoms with Gasteiger partial charge in [0.25, 0.3) is 0 Å². The SMILES string of the molecule is CC1CCC(C)CN(c2nc(OCC3CCCN3C)nc3c(F)c(-c4cc(O)cc5ccccc45)ccc23)C1. The Kier molecular flexibility index (Phi) is 7.02. The van der Waals surface area contributed by atoms with Crippen LogP contribution in [0.1, 0.15) is 39.5 Å². The molecule has 0 spiro atoms. The number of phenolic OH excluding ortho intramolecular Hbond substituents is 1. The smallest absolute Gasteiger partial charge is 0.319 e. The van der Waals surface area contributed by atoms with Crippen LogP contribution in [0.2, 0.25) is 0 Å². The van der Waals surface area contributed by atoms with E-state index in [1.165, 1.54) is 12.8 Å². The van der Waals surface area contributed by atoms with E-state index in [2.05, 4.69) is 35.7 Å². The second-order valence-electron chi connectivity index (χ2n) is 11.6. The van der Waals surface area contributed by atoms with E-state index in [-0.39, 0.29) is 17.3 Å². The fourth-order valence-electron chi connectivity index (χ4n) is 6.27. The molecule has 2 fully saturated rings. The lowest BCUT2D eigenvalue weighted by molar-refractivity contribution is 0.188. The van der Waals surface area contributed by atoms with E-state index in [4.69, 9.17) is 9.72 Å². The minimum Gasteiger partial charge on any atom is -0.508 e. The van der Waals surface area contributed by atoms with Gasteiger partial charge in [0.2, 0.25) is 0 Å². The van der Waals surface area contributed by atoms with Gasteiger partial charge in [0.15, 0.2) is 5.82 Å². The molecule has 6 rings (SSSR count). The average Bonchev–Trinajstić information content (AvgIpc) is 3.26. The summed E-state index contributed by atoms with van der Waals surface area (Å²) < 4.78 is 22.7. The van der Waals surface area contributed by atoms with Crippen molar-refractivity contribution in [3.05, 3.63) is 54.3 Å². The minimum atomic E-state index is -0.425. The van der Waals surface area contributed by atoms with Crippen LogP contribution in [0.25, 0.3) is 32.8 Å². The van der Waals surface area contributed by atoms with Gasteiger partial charge in [-0.05, 0) is 85.6 Å². The van der Waals surface area contributed by atoms with Gasteiger partial charge >= 0.3 is 6.01 Å². The first-order chi connectivity index (χ1) is 18.9. The second-order valence-corrected chi connectivity index (χ2v) is 11.6. The normalized spacial score (nSPS) is 22.5. The predicted octanol–water partition coefficient (Wildman–Crippen LogP) is 6.64. The molecule has 1 aromatic heterocycles. The highest BCUT2D eigenvalue weighted by Gasteiger charge is 2.26. The van der Waals surface area contributed by atoms with Crippen LogP contribution >= 0.6 is 0 Å². The van der Waals surface area contributed by atoms with E-state index in [0.29, 0.717) is 41.0 Å². The van der Waals surface area contributed by atoms with Gasteiger partial charge in [-0.2, -0.15) is 9.97 Å². The zero-order valence-electron chi connectivity index (χ0n) is 23.0. The zero-order chi connectivity index (χ0) is 27.1. The van der Waals surface area contributed by atoms with Crippen molar-refractivity contribution in [2.24, 2.45) is 11.8 Å². The van der Waals surface area contributed by atoms with Crippen LogP contribution in [0, 0.1) is 17.7 Å². The maximum Gasteiger partial charge on any atom is 0.319 e. The summed E-state index contributed by atoms with van der Waals surface area (Å²) in [5.74, 6) is 1.44. The highest BCUT2D eigenvalue weighted by molar-refractivity contribution is 6.01. The molecule has 2 aliphatic heterocycles. The van der Waals surface area contributed by atoms with Gasteiger partial charge < -0.3 is 19.6 Å². The van der Waals surface area contributed by atoms with Gasteiger partial charge in [-0.15, -0.1) is 0 Å². The summed E-state index contributed by atoms with van der Waals surface area (Å²) in [6.45, 7) is 7.80. The molecule has 6 nitrogen and oxygen atoms in total. The molecule has 4 aromatic rings. The van der Waals surface area contributed by atoms with Gasteiger partial charge in [-0.1, -0.05) is 44.2 Å². The van der Waals surface area contributed by atoms with Crippen LogP contribution in [-0.2, 0) is 0 Å². The first-order valence-electron chi connectivity index (χ1n) is 14.2. The van der Waals surface area contributed by atoms with E-state index in [1.807, 2.05) is 30.3 Å². The average molecular weight is 529 g/mol. The van der Waals surface area contributed by atoms with Crippen molar-refractivity contribution in [1.82, 2.24) is 14.9 Å². The lowest BCUT2D eigenvalue weighted by atomic mass is 9.96. The molecular weight excluding hydrogens is 491 g/mol. The lowest BCUT2D eigenvalue weighted by Gasteiger charge is -2.27. The van der Waals surface area contributed by atoms with Gasteiger partial charge in [-0.25, -0.2) is 4.39 Å². The van der Waals surface area contributed by atoms with Gasteiger partial charge in [0.05, 0.1) is 0 Å². The Balaban J connectivity index is 1.49. The number of benzene rings is 3. The number of fused-ring (bicyclic) bond motifs is 2. The number of likely N-dealkylation sites (N-methyl/N-ethyl adjacent to an activating group) is 1. The van der Waals surface area contributed by atoms with Crippen molar-refractivity contribution in [3.63, 3.8) is 0 Å². The Morgan fingerprint density at radius 1 is 0.949 bits per heavy atom. The molecule has 204 valence electrons. The molecule has 3 atom stereocenters. The van der Waals surface area contributed by atoms with Crippen molar-refractivity contribution in [3.8, 4) is 22.9 Å². The van der Waals surface area contributed by atoms with Crippen molar-refractivity contribution >= 4 is 27.5 Å². The number of halogens is 1. The van der Waals surface area contributed by atoms with Crippen molar-refractivity contribution < 1.29 is 14.2 Å². The summed E-state index contributed by atoms with van der Waals surface area (Å²) in [6.07, 6.45) is 4.55. The van der Waals surface area contributed by atoms with Crippen LogP contribution in [0.3, 0.4) is 0 Å². The number of anilines is 1. The summed E-state index contributed by atoms with van der Waals surface area (Å²) >= 11 is 0. The molecule has 0 aliphatic carbocycles. The molecule has 3 heterocycles. The second kappa shape index (κ2) is 10.6. The van der Waals surface area contributed by atoms with Crippen molar-refractivity contribution in [2.75, 3.05) is 38.2 Å². The monoisotopic (exact) mass is 528 g/mol. The molecule has 39 heavy (non-hydrogen) atoms. The number of hydrogen-bond acceptors (Lipinski definition) is 6. The third-order valence-corrected chi connectivity index (χ3v) is 8.50. The molecule has 0 amide bonds. The van der Waals surface area contributed by atoms with Crippen molar-refractivity contribution in [2.45, 2.75) is 45.6 Å². The first-order valence-corrected chi connectivity index (χ1v) is 14.2. The number of phenols is 1. The fraction of sp³-hybridized carbons (Fsp3) is 0.438. The number of aromatic nitrogens is 2. The third-order valence-electron chi connectivity index (χ3n) is 8.50. The summed E-state index contributed by atoms with van der Waals surface area (Å²) in [5, 5.41) is 12.8. The van der Waals surface area contributed by atoms with Gasteiger partial charge in [-0.3, -0.25) is 0 Å². The van der Waals surface area contributed by atoms with Gasteiger partial charge in [0.1, 0.15) is 23.7 Å². The van der Waals surface area contributed by atoms with Crippen molar-refractivity contribution in [1.29, 1.82) is 0 Å². The van der Waals surface area contributed by atoms with E-state index in [9.17, 15) is 5.11 Å². The molecule has 0 bridgehead atoms. The molecule has 2 saturated heterocycles. The number of likely N-dealkylation sites (tertiary alicyclic amines) is 1. The number of ether oxygens (including phenoxy) is 1. The van der Waals surface area contributed by atoms with E-state index < -0.39 is 5.82 Å². The Hall–Kier alpha value is -3.45. The van der Waals surface area contributed by atoms with Crippen LogP contribution in [-0.4, -0.2) is 59.3 Å². The zero-order valence-corrected chi connectivity index (χ0v) is 23.0. The van der Waals surface area contributed by atoms with E-state index in [0.717, 1.165) is 49.1 Å². The molecule has 3 aromatic carbocycles. The molecule has 3 unspecified atom stereocenters. The summed E-state index contributed by atoms with van der Waals surface area (Å²) in [6, 6.07) is 15.3. The summed E-state index contributed by atoms with van der Waals surface area (Å²) in [4.78, 5) is 14.1. The Labute approximate surface area is 229 Å². The fourth-order valence-corrected chi connectivity index (χ4v) is 6.27. The quantitative estimate of drug-likeness (QED) is 0.313. The van der Waals surface area contributed by atoms with E-state index in [1.54, 1.807) is 18.2 Å². The van der Waals surface area contributed by atoms with Crippen LogP contribution in [0.15, 0.2) is 48.5 Å². The minimum absolute atomic E-state index is 0.101. The Bertz CT molecular complexity index is 1500. The van der Waals surface area contributed by atoms with Crippen LogP contribution < -0.4 is 9.64 Å². The number of aromatic hydroxyl groups is 1. The van der Waals surface area contributed by atoms with Crippen LogP contribution in [0.4, 0.5) is 10.2 Å². The predicted molar refractivity (Wildman–Crippen MR) is 155 cm³/mol. The number of rotatable bonds is 5. The third kappa shape index (κ3) is 5.12. The molecule has 1 N–H and O–H groups in total. The largest absolute Gasteiger partial charge is 0.508 e. The topological polar surface area (TPSA) is 61.7 Å².